The van der Waals surface area contributed by atoms with Gasteiger partial charge in [-0.25, -0.2) is 8.93 Å². The summed E-state index contributed by atoms with van der Waals surface area (Å²) in [7, 11) is -1.67. The van der Waals surface area contributed by atoms with Gasteiger partial charge in [-0.3, -0.25) is 9.59 Å². The number of thioether (sulfide) groups is 1. The average molecular weight is 601 g/mol. The maximum absolute atomic E-state index is 13.6. The molecule has 0 aromatic heterocycles. The largest absolute Gasteiger partial charge is 0.459 e. The molecule has 1 unspecified atom stereocenters. The number of nitrogens with one attached hydrogen (secondary N) is 2. The van der Waals surface area contributed by atoms with Gasteiger partial charge in [0, 0.05) is 5.75 Å². The van der Waals surface area contributed by atoms with E-state index >= 15 is 0 Å². The van der Waals surface area contributed by atoms with Crippen LogP contribution in [0.4, 0.5) is 0 Å². The number of ether oxygens (including phenoxy) is 1. The second-order valence-electron chi connectivity index (χ2n) is 10.6. The molecule has 0 fully saturated rings. The van der Waals surface area contributed by atoms with E-state index in [1.54, 1.807) is 56.8 Å². The number of amides is 1. The quantitative estimate of drug-likeness (QED) is 0.157. The van der Waals surface area contributed by atoms with Crippen LogP contribution in [0.2, 0.25) is 0 Å². The molecule has 0 saturated carbocycles. The molecule has 1 amide bonds. The molecule has 0 saturated heterocycles. The van der Waals surface area contributed by atoms with E-state index in [1.165, 1.54) is 0 Å². The number of rotatable bonds is 12. The lowest BCUT2D eigenvalue weighted by molar-refractivity contribution is -0.154. The molecule has 2 atom stereocenters. The molecule has 4 rings (SSSR count). The normalized spacial score (nSPS) is 13.1. The van der Waals surface area contributed by atoms with Crippen molar-refractivity contribution in [1.82, 2.24) is 10.0 Å². The van der Waals surface area contributed by atoms with Gasteiger partial charge in [0.1, 0.15) is 29.2 Å². The first-order valence-corrected chi connectivity index (χ1v) is 15.9. The Kier molecular flexibility index (Phi) is 10.7. The molecule has 42 heavy (non-hydrogen) atoms. The van der Waals surface area contributed by atoms with Crippen LogP contribution in [-0.2, 0) is 30.1 Å². The topological polar surface area (TPSA) is 84.5 Å². The highest BCUT2D eigenvalue weighted by Crippen LogP contribution is 2.48. The predicted octanol–water partition coefficient (Wildman–Crippen LogP) is 5.85. The van der Waals surface area contributed by atoms with Crippen molar-refractivity contribution in [2.24, 2.45) is 0 Å². The first kappa shape index (κ1) is 31.2. The van der Waals surface area contributed by atoms with Crippen LogP contribution in [0.25, 0.3) is 0 Å². The Morgan fingerprint density at radius 1 is 0.738 bits per heavy atom. The number of benzene rings is 4. The third-order valence-corrected chi connectivity index (χ3v) is 9.20. The first-order valence-electron chi connectivity index (χ1n) is 13.7. The summed E-state index contributed by atoms with van der Waals surface area (Å²) in [5.74, 6) is -0.739. The zero-order valence-corrected chi connectivity index (χ0v) is 25.6. The van der Waals surface area contributed by atoms with Crippen LogP contribution in [0, 0.1) is 0 Å². The number of hydrogen-bond donors (Lipinski definition) is 2. The molecule has 0 aliphatic heterocycles. The van der Waals surface area contributed by atoms with Crippen LogP contribution >= 0.6 is 11.8 Å². The standard InChI is InChI=1S/C34H36N2O4S2/c1-33(2,3)40-31(37)24-35-32(38)30(36-42(39)29-22-14-7-15-23-29)25-41-34(26-16-8-4-9-17-26,27-18-10-5-11-19-27)28-20-12-6-13-21-28/h4-23,30,36H,24-25H2,1-3H3,(H,35,38)/t30?,42-/m0/s1. The van der Waals surface area contributed by atoms with Crippen LogP contribution < -0.4 is 10.0 Å². The fourth-order valence-electron chi connectivity index (χ4n) is 4.54. The molecule has 2 N–H and O–H groups in total. The molecule has 0 spiro atoms. The van der Waals surface area contributed by atoms with Gasteiger partial charge < -0.3 is 10.1 Å². The van der Waals surface area contributed by atoms with Gasteiger partial charge in [0.25, 0.3) is 0 Å². The van der Waals surface area contributed by atoms with Gasteiger partial charge in [0.05, 0.1) is 9.64 Å². The van der Waals surface area contributed by atoms with Crippen molar-refractivity contribution in [2.45, 2.75) is 42.1 Å². The van der Waals surface area contributed by atoms with Crippen molar-refractivity contribution in [3.05, 3.63) is 138 Å². The van der Waals surface area contributed by atoms with Gasteiger partial charge in [-0.15, -0.1) is 11.8 Å². The van der Waals surface area contributed by atoms with Gasteiger partial charge >= 0.3 is 5.97 Å². The van der Waals surface area contributed by atoms with E-state index in [0.717, 1.165) is 16.7 Å². The lowest BCUT2D eigenvalue weighted by Crippen LogP contribution is -2.49. The highest BCUT2D eigenvalue weighted by atomic mass is 32.2. The van der Waals surface area contributed by atoms with Crippen LogP contribution in [0.3, 0.4) is 0 Å². The molecule has 0 bridgehead atoms. The third kappa shape index (κ3) is 8.18. The van der Waals surface area contributed by atoms with Gasteiger partial charge in [-0.2, -0.15) is 0 Å². The molecule has 8 heteroatoms. The molecule has 218 valence electrons. The van der Waals surface area contributed by atoms with Crippen LogP contribution in [-0.4, -0.2) is 40.0 Å². The smallest absolute Gasteiger partial charge is 0.325 e. The van der Waals surface area contributed by atoms with E-state index < -0.39 is 39.3 Å². The summed E-state index contributed by atoms with van der Waals surface area (Å²) in [4.78, 5) is 26.5. The van der Waals surface area contributed by atoms with Gasteiger partial charge in [0.2, 0.25) is 5.91 Å². The minimum absolute atomic E-state index is 0.247. The molecule has 4 aromatic carbocycles. The summed E-state index contributed by atoms with van der Waals surface area (Å²) >= 11 is 1.57. The van der Waals surface area contributed by atoms with Gasteiger partial charge in [-0.05, 0) is 49.6 Å². The predicted molar refractivity (Wildman–Crippen MR) is 170 cm³/mol. The third-order valence-electron chi connectivity index (χ3n) is 6.36. The lowest BCUT2D eigenvalue weighted by atomic mass is 9.84. The van der Waals surface area contributed by atoms with Crippen molar-refractivity contribution in [1.29, 1.82) is 0 Å². The monoisotopic (exact) mass is 600 g/mol. The summed E-state index contributed by atoms with van der Waals surface area (Å²) in [6, 6.07) is 38.5. The first-order chi connectivity index (χ1) is 20.2. The SMILES string of the molecule is CC(C)(C)OC(=O)CNC(=O)C(CSC(c1ccccc1)(c1ccccc1)c1ccccc1)N[S@@](=O)c1ccccc1. The number of hydrogen-bond acceptors (Lipinski definition) is 5. The molecule has 0 radical (unpaired) electrons. The highest BCUT2D eigenvalue weighted by Gasteiger charge is 2.38. The Morgan fingerprint density at radius 3 is 1.60 bits per heavy atom. The minimum Gasteiger partial charge on any atom is -0.459 e. The van der Waals surface area contributed by atoms with E-state index in [1.807, 2.05) is 60.7 Å². The van der Waals surface area contributed by atoms with E-state index in [-0.39, 0.29) is 12.3 Å². The van der Waals surface area contributed by atoms with Gasteiger partial charge in [-0.1, -0.05) is 109 Å². The summed E-state index contributed by atoms with van der Waals surface area (Å²) < 4.78 is 21.0. The summed E-state index contributed by atoms with van der Waals surface area (Å²) in [6.07, 6.45) is 0. The molecule has 0 heterocycles. The molecule has 0 aliphatic carbocycles. The van der Waals surface area contributed by atoms with Crippen LogP contribution in [0.5, 0.6) is 0 Å². The molecule has 4 aromatic rings. The zero-order valence-electron chi connectivity index (χ0n) is 24.0. The minimum atomic E-state index is -1.67. The van der Waals surface area contributed by atoms with E-state index in [0.29, 0.717) is 4.90 Å². The maximum Gasteiger partial charge on any atom is 0.325 e. The van der Waals surface area contributed by atoms with Crippen molar-refractivity contribution in [2.75, 3.05) is 12.3 Å². The Balaban J connectivity index is 1.69. The Bertz CT molecular complexity index is 1360. The van der Waals surface area contributed by atoms with Crippen molar-refractivity contribution < 1.29 is 18.5 Å². The molecular formula is C34H36N2O4S2. The lowest BCUT2D eigenvalue weighted by Gasteiger charge is -2.36. The van der Waals surface area contributed by atoms with Crippen LogP contribution in [0.1, 0.15) is 37.5 Å². The average Bonchev–Trinajstić information content (AvgIpc) is 3.00. The Morgan fingerprint density at radius 2 is 1.17 bits per heavy atom. The molecular weight excluding hydrogens is 565 g/mol. The summed E-state index contributed by atoms with van der Waals surface area (Å²) in [5.41, 5.74) is 2.46. The number of esters is 1. The fourth-order valence-corrected chi connectivity index (χ4v) is 7.20. The fraction of sp³-hybridized carbons (Fsp3) is 0.235. The van der Waals surface area contributed by atoms with E-state index in [2.05, 4.69) is 46.4 Å². The molecule has 6 nitrogen and oxygen atoms in total. The van der Waals surface area contributed by atoms with Crippen LogP contribution in [0.15, 0.2) is 126 Å². The Labute approximate surface area is 254 Å². The second-order valence-corrected chi connectivity index (χ2v) is 13.1. The number of carbonyl (C=O) groups is 2. The van der Waals surface area contributed by atoms with E-state index in [4.69, 9.17) is 4.74 Å². The zero-order chi connectivity index (χ0) is 30.0. The van der Waals surface area contributed by atoms with Crippen molar-refractivity contribution >= 4 is 34.6 Å². The van der Waals surface area contributed by atoms with Crippen molar-refractivity contribution in [3.63, 3.8) is 0 Å². The summed E-state index contributed by atoms with van der Waals surface area (Å²) in [5, 5.41) is 2.69. The van der Waals surface area contributed by atoms with Gasteiger partial charge in [0.15, 0.2) is 0 Å². The van der Waals surface area contributed by atoms with E-state index in [9.17, 15) is 13.8 Å². The Hall–Kier alpha value is -3.72. The number of carbonyl (C=O) groups excluding carboxylic acids is 2. The highest BCUT2D eigenvalue weighted by molar-refractivity contribution is 8.00. The summed E-state index contributed by atoms with van der Waals surface area (Å²) in [6.45, 7) is 5.02. The van der Waals surface area contributed by atoms with Crippen molar-refractivity contribution in [3.8, 4) is 0 Å². The maximum atomic E-state index is 13.6. The second kappa shape index (κ2) is 14.4. The molecule has 0 aliphatic rings.